The number of aliphatic hydroxyl groups is 1. The number of carbonyl (C=O) groups excluding carboxylic acids is 2. The van der Waals surface area contributed by atoms with Crippen LogP contribution in [0.5, 0.6) is 0 Å². The van der Waals surface area contributed by atoms with Gasteiger partial charge in [0.15, 0.2) is 0 Å². The SMILES string of the molecule is O=C1C(SCCO)=C(c2ccc([N+](=O)[O-])cc2)C(=O)N1CCc1ccccc1. The van der Waals surface area contributed by atoms with Crippen LogP contribution in [0.2, 0.25) is 0 Å². The summed E-state index contributed by atoms with van der Waals surface area (Å²) in [6.07, 6.45) is 0.532. The molecule has 0 unspecified atom stereocenters. The van der Waals surface area contributed by atoms with E-state index in [9.17, 15) is 19.7 Å². The van der Waals surface area contributed by atoms with E-state index in [0.29, 0.717) is 12.0 Å². The molecule has 7 nitrogen and oxygen atoms in total. The summed E-state index contributed by atoms with van der Waals surface area (Å²) in [5.41, 5.74) is 1.60. The maximum atomic E-state index is 13.0. The van der Waals surface area contributed by atoms with E-state index in [1.807, 2.05) is 30.3 Å². The average Bonchev–Trinajstić information content (AvgIpc) is 2.95. The van der Waals surface area contributed by atoms with Crippen LogP contribution in [-0.2, 0) is 16.0 Å². The maximum Gasteiger partial charge on any atom is 0.269 e. The summed E-state index contributed by atoms with van der Waals surface area (Å²) in [5, 5.41) is 20.0. The number of benzene rings is 2. The van der Waals surface area contributed by atoms with Gasteiger partial charge in [0.05, 0.1) is 22.0 Å². The second-order valence-electron chi connectivity index (χ2n) is 6.08. The van der Waals surface area contributed by atoms with Gasteiger partial charge in [0.1, 0.15) is 0 Å². The van der Waals surface area contributed by atoms with Crippen molar-refractivity contribution in [3.8, 4) is 0 Å². The van der Waals surface area contributed by atoms with E-state index in [-0.39, 0.29) is 35.1 Å². The van der Waals surface area contributed by atoms with Gasteiger partial charge in [-0.05, 0) is 29.7 Å². The second-order valence-corrected chi connectivity index (χ2v) is 7.18. The van der Waals surface area contributed by atoms with E-state index in [1.54, 1.807) is 0 Å². The van der Waals surface area contributed by atoms with Gasteiger partial charge in [-0.3, -0.25) is 24.6 Å². The monoisotopic (exact) mass is 398 g/mol. The third kappa shape index (κ3) is 4.13. The molecule has 2 aromatic carbocycles. The van der Waals surface area contributed by atoms with Crippen molar-refractivity contribution in [2.24, 2.45) is 0 Å². The number of amides is 2. The minimum atomic E-state index is -0.520. The van der Waals surface area contributed by atoms with Crippen LogP contribution < -0.4 is 0 Å². The highest BCUT2D eigenvalue weighted by atomic mass is 32.2. The van der Waals surface area contributed by atoms with Gasteiger partial charge in [0.25, 0.3) is 17.5 Å². The molecule has 1 heterocycles. The first kappa shape index (κ1) is 19.8. The van der Waals surface area contributed by atoms with Crippen LogP contribution in [0, 0.1) is 10.1 Å². The third-order valence-corrected chi connectivity index (χ3v) is 5.35. The fourth-order valence-electron chi connectivity index (χ4n) is 2.93. The van der Waals surface area contributed by atoms with Crippen molar-refractivity contribution in [1.29, 1.82) is 0 Å². The summed E-state index contributed by atoms with van der Waals surface area (Å²) in [6.45, 7) is 0.106. The first-order valence-corrected chi connectivity index (χ1v) is 9.64. The predicted molar refractivity (Wildman–Crippen MR) is 106 cm³/mol. The van der Waals surface area contributed by atoms with Crippen molar-refractivity contribution in [2.45, 2.75) is 6.42 Å². The predicted octanol–water partition coefficient (Wildman–Crippen LogP) is 2.64. The number of nitro benzene ring substituents is 1. The Morgan fingerprint density at radius 3 is 2.29 bits per heavy atom. The Bertz CT molecular complexity index is 925. The number of carbonyl (C=O) groups is 2. The minimum absolute atomic E-state index is 0.0911. The topological polar surface area (TPSA) is 101 Å². The van der Waals surface area contributed by atoms with Crippen molar-refractivity contribution in [2.75, 3.05) is 18.9 Å². The van der Waals surface area contributed by atoms with Gasteiger partial charge in [-0.15, -0.1) is 11.8 Å². The summed E-state index contributed by atoms with van der Waals surface area (Å²) in [4.78, 5) is 37.6. The Morgan fingerprint density at radius 2 is 1.68 bits per heavy atom. The molecular formula is C20H18N2O5S. The summed E-state index contributed by atoms with van der Waals surface area (Å²) >= 11 is 1.12. The molecule has 28 heavy (non-hydrogen) atoms. The lowest BCUT2D eigenvalue weighted by atomic mass is 10.1. The van der Waals surface area contributed by atoms with E-state index < -0.39 is 16.7 Å². The van der Waals surface area contributed by atoms with Crippen LogP contribution in [0.4, 0.5) is 5.69 Å². The van der Waals surface area contributed by atoms with Gasteiger partial charge in [0, 0.05) is 24.4 Å². The molecule has 3 rings (SSSR count). The number of rotatable bonds is 8. The largest absolute Gasteiger partial charge is 0.396 e. The number of nitrogens with zero attached hydrogens (tertiary/aromatic N) is 2. The number of non-ortho nitro benzene ring substituents is 1. The number of nitro groups is 1. The third-order valence-electron chi connectivity index (χ3n) is 4.30. The molecule has 1 aliphatic heterocycles. The van der Waals surface area contributed by atoms with Crippen molar-refractivity contribution in [3.05, 3.63) is 80.7 Å². The molecule has 0 saturated carbocycles. The zero-order valence-corrected chi connectivity index (χ0v) is 15.7. The van der Waals surface area contributed by atoms with E-state index in [1.165, 1.54) is 29.2 Å². The Balaban J connectivity index is 1.87. The van der Waals surface area contributed by atoms with Gasteiger partial charge in [-0.1, -0.05) is 30.3 Å². The zero-order valence-electron chi connectivity index (χ0n) is 14.9. The molecule has 0 aliphatic carbocycles. The molecule has 0 spiro atoms. The average molecular weight is 398 g/mol. The van der Waals surface area contributed by atoms with E-state index in [0.717, 1.165) is 17.3 Å². The highest BCUT2D eigenvalue weighted by molar-refractivity contribution is 8.04. The fraction of sp³-hybridized carbons (Fsp3) is 0.200. The molecule has 2 amide bonds. The Kier molecular flexibility index (Phi) is 6.23. The zero-order chi connectivity index (χ0) is 20.1. The van der Waals surface area contributed by atoms with Crippen molar-refractivity contribution < 1.29 is 19.6 Å². The van der Waals surface area contributed by atoms with Gasteiger partial charge >= 0.3 is 0 Å². The molecule has 1 N–H and O–H groups in total. The smallest absolute Gasteiger partial charge is 0.269 e. The van der Waals surface area contributed by atoms with Crippen LogP contribution in [-0.4, -0.2) is 45.6 Å². The van der Waals surface area contributed by atoms with E-state index in [2.05, 4.69) is 0 Å². The van der Waals surface area contributed by atoms with Crippen molar-refractivity contribution in [1.82, 2.24) is 4.90 Å². The number of imide groups is 1. The van der Waals surface area contributed by atoms with Crippen LogP contribution in [0.1, 0.15) is 11.1 Å². The number of hydrogen-bond acceptors (Lipinski definition) is 6. The Labute approximate surface area is 165 Å². The molecule has 1 aliphatic rings. The molecule has 0 radical (unpaired) electrons. The lowest BCUT2D eigenvalue weighted by molar-refractivity contribution is -0.384. The lowest BCUT2D eigenvalue weighted by Gasteiger charge is -2.15. The van der Waals surface area contributed by atoms with Crippen LogP contribution in [0.15, 0.2) is 59.5 Å². The molecular weight excluding hydrogens is 380 g/mol. The van der Waals surface area contributed by atoms with E-state index in [4.69, 9.17) is 5.11 Å². The second kappa shape index (κ2) is 8.81. The van der Waals surface area contributed by atoms with Crippen LogP contribution >= 0.6 is 11.8 Å². The highest BCUT2D eigenvalue weighted by Crippen LogP contribution is 2.36. The first-order valence-electron chi connectivity index (χ1n) is 8.66. The van der Waals surface area contributed by atoms with Gasteiger partial charge in [-0.25, -0.2) is 0 Å². The Morgan fingerprint density at radius 1 is 1.00 bits per heavy atom. The quantitative estimate of drug-likeness (QED) is 0.417. The molecule has 0 atom stereocenters. The molecule has 0 fully saturated rings. The molecule has 144 valence electrons. The Hall–Kier alpha value is -2.97. The van der Waals surface area contributed by atoms with E-state index >= 15 is 0 Å². The molecule has 0 saturated heterocycles. The molecule has 0 bridgehead atoms. The summed E-state index contributed by atoms with van der Waals surface area (Å²) < 4.78 is 0. The van der Waals surface area contributed by atoms with Crippen molar-refractivity contribution in [3.63, 3.8) is 0 Å². The summed E-state index contributed by atoms with van der Waals surface area (Å²) in [6, 6.07) is 15.1. The maximum absolute atomic E-state index is 13.0. The molecule has 8 heteroatoms. The standard InChI is InChI=1S/C20H18N2O5S/c23-12-13-28-18-17(15-6-8-16(9-7-15)22(26)27)19(24)21(20(18)25)11-10-14-4-2-1-3-5-14/h1-9,23H,10-13H2. The number of aliphatic hydroxyl groups excluding tert-OH is 1. The normalized spacial score (nSPS) is 14.1. The van der Waals surface area contributed by atoms with Gasteiger partial charge in [0.2, 0.25) is 0 Å². The minimum Gasteiger partial charge on any atom is -0.396 e. The lowest BCUT2D eigenvalue weighted by Crippen LogP contribution is -2.33. The highest BCUT2D eigenvalue weighted by Gasteiger charge is 2.38. The van der Waals surface area contributed by atoms with Crippen LogP contribution in [0.25, 0.3) is 5.57 Å². The van der Waals surface area contributed by atoms with Crippen LogP contribution in [0.3, 0.4) is 0 Å². The van der Waals surface area contributed by atoms with Gasteiger partial charge < -0.3 is 5.11 Å². The number of hydrogen-bond donors (Lipinski definition) is 1. The molecule has 2 aromatic rings. The van der Waals surface area contributed by atoms with Crippen molar-refractivity contribution >= 4 is 34.8 Å². The molecule has 0 aromatic heterocycles. The number of thioether (sulfide) groups is 1. The summed E-state index contributed by atoms with van der Waals surface area (Å²) in [5.74, 6) is -0.542. The summed E-state index contributed by atoms with van der Waals surface area (Å²) in [7, 11) is 0. The fourth-order valence-corrected chi connectivity index (χ4v) is 3.81. The first-order chi connectivity index (χ1) is 13.5. The van der Waals surface area contributed by atoms with Gasteiger partial charge in [-0.2, -0.15) is 0 Å².